The van der Waals surface area contributed by atoms with Crippen LogP contribution in [0.2, 0.25) is 0 Å². The Balaban J connectivity index is 2.67. The largest absolute Gasteiger partial charge is 0.294 e. The molecule has 0 fully saturated rings. The summed E-state index contributed by atoms with van der Waals surface area (Å²) in [6.07, 6.45) is 3.45. The van der Waals surface area contributed by atoms with Crippen LogP contribution in [-0.2, 0) is 4.79 Å². The number of carbonyl (C=O) groups excluding carboxylic acids is 1. The smallest absolute Gasteiger partial charge is 0.169 e. The van der Waals surface area contributed by atoms with Crippen LogP contribution in [0.5, 0.6) is 0 Å². The van der Waals surface area contributed by atoms with E-state index in [2.05, 4.69) is 0 Å². The number of hydrogen-bond donors (Lipinski definition) is 0. The summed E-state index contributed by atoms with van der Waals surface area (Å²) in [7, 11) is 0. The molecule has 1 aromatic rings. The number of allylic oxidation sites excluding steroid dienone is 2. The van der Waals surface area contributed by atoms with Gasteiger partial charge in [0.15, 0.2) is 5.78 Å². The number of Topliss-reactive ketones (excluding diaryl/α,β-unsaturated/α-hetero) is 1. The van der Waals surface area contributed by atoms with E-state index in [1.54, 1.807) is 11.8 Å². The zero-order valence-electron chi connectivity index (χ0n) is 9.19. The van der Waals surface area contributed by atoms with Crippen LogP contribution >= 0.6 is 11.8 Å². The highest BCUT2D eigenvalue weighted by Gasteiger charge is 2.08. The van der Waals surface area contributed by atoms with Gasteiger partial charge < -0.3 is 0 Å². The predicted molar refractivity (Wildman–Crippen MR) is 66.0 cm³/mol. The lowest BCUT2D eigenvalue weighted by Gasteiger charge is -2.04. The van der Waals surface area contributed by atoms with Gasteiger partial charge in [0, 0.05) is 11.3 Å². The zero-order chi connectivity index (χ0) is 11.1. The first kappa shape index (κ1) is 12.1. The van der Waals surface area contributed by atoms with Gasteiger partial charge in [-0.25, -0.2) is 0 Å². The lowest BCUT2D eigenvalue weighted by Crippen LogP contribution is -1.98. The Hall–Kier alpha value is -1.02. The van der Waals surface area contributed by atoms with E-state index in [0.29, 0.717) is 6.42 Å². The normalized spacial score (nSPS) is 11.5. The molecule has 0 atom stereocenters. The fourth-order valence-electron chi connectivity index (χ4n) is 1.24. The molecular formula is C13H16OS. The molecule has 0 bridgehead atoms. The summed E-state index contributed by atoms with van der Waals surface area (Å²) in [5, 5.41) is 0. The van der Waals surface area contributed by atoms with E-state index >= 15 is 0 Å². The number of ketones is 1. The third-order valence-electron chi connectivity index (χ3n) is 1.99. The van der Waals surface area contributed by atoms with Crippen molar-refractivity contribution in [3.63, 3.8) is 0 Å². The van der Waals surface area contributed by atoms with E-state index in [0.717, 1.165) is 16.2 Å². The topological polar surface area (TPSA) is 17.1 Å². The van der Waals surface area contributed by atoms with Crippen molar-refractivity contribution >= 4 is 17.5 Å². The molecule has 1 aromatic carbocycles. The molecule has 80 valence electrons. The van der Waals surface area contributed by atoms with Crippen molar-refractivity contribution in [1.29, 1.82) is 0 Å². The van der Waals surface area contributed by atoms with Gasteiger partial charge >= 0.3 is 0 Å². The molecule has 1 rings (SSSR count). The standard InChI is InChI=1S/C13H16OS/c1-3-8-12(14)13(4-2)15-11-9-6-5-7-10-11/h4-7,9-10H,3,8H2,1-2H3. The van der Waals surface area contributed by atoms with Crippen LogP contribution in [0, 0.1) is 0 Å². The van der Waals surface area contributed by atoms with Crippen LogP contribution in [0.1, 0.15) is 26.7 Å². The van der Waals surface area contributed by atoms with Gasteiger partial charge in [0.2, 0.25) is 0 Å². The van der Waals surface area contributed by atoms with Crippen LogP contribution in [0.25, 0.3) is 0 Å². The second-order valence-electron chi connectivity index (χ2n) is 3.24. The highest BCUT2D eigenvalue weighted by molar-refractivity contribution is 8.04. The number of thioether (sulfide) groups is 1. The van der Waals surface area contributed by atoms with E-state index in [9.17, 15) is 4.79 Å². The Labute approximate surface area is 95.6 Å². The number of hydrogen-bond acceptors (Lipinski definition) is 2. The highest BCUT2D eigenvalue weighted by Crippen LogP contribution is 2.27. The zero-order valence-corrected chi connectivity index (χ0v) is 10.0. The molecule has 15 heavy (non-hydrogen) atoms. The summed E-state index contributed by atoms with van der Waals surface area (Å²) in [4.78, 5) is 13.7. The first-order valence-corrected chi connectivity index (χ1v) is 6.02. The molecular weight excluding hydrogens is 204 g/mol. The molecule has 2 heteroatoms. The minimum Gasteiger partial charge on any atom is -0.294 e. The van der Waals surface area contributed by atoms with Crippen molar-refractivity contribution < 1.29 is 4.79 Å². The summed E-state index contributed by atoms with van der Waals surface area (Å²) >= 11 is 1.55. The number of benzene rings is 1. The molecule has 1 nitrogen and oxygen atoms in total. The van der Waals surface area contributed by atoms with Gasteiger partial charge in [-0.3, -0.25) is 4.79 Å². The second kappa shape index (κ2) is 6.46. The maximum absolute atomic E-state index is 11.7. The van der Waals surface area contributed by atoms with Crippen LogP contribution in [0.3, 0.4) is 0 Å². The second-order valence-corrected chi connectivity index (χ2v) is 4.36. The van der Waals surface area contributed by atoms with Crippen LogP contribution in [0.4, 0.5) is 0 Å². The van der Waals surface area contributed by atoms with E-state index in [1.807, 2.05) is 50.3 Å². The molecule has 0 aliphatic heterocycles. The third kappa shape index (κ3) is 3.92. The van der Waals surface area contributed by atoms with Crippen LogP contribution in [0.15, 0.2) is 46.2 Å². The van der Waals surface area contributed by atoms with Crippen LogP contribution < -0.4 is 0 Å². The Morgan fingerprint density at radius 3 is 2.53 bits per heavy atom. The van der Waals surface area contributed by atoms with Gasteiger partial charge in [-0.05, 0) is 25.5 Å². The predicted octanol–water partition coefficient (Wildman–Crippen LogP) is 4.05. The van der Waals surface area contributed by atoms with Crippen molar-refractivity contribution in [1.82, 2.24) is 0 Å². The molecule has 0 spiro atoms. The summed E-state index contributed by atoms with van der Waals surface area (Å²) in [6.45, 7) is 3.94. The van der Waals surface area contributed by atoms with Crippen molar-refractivity contribution in [2.24, 2.45) is 0 Å². The average Bonchev–Trinajstić information content (AvgIpc) is 2.27. The SMILES string of the molecule is CC=C(Sc1ccccc1)C(=O)CCC. The van der Waals surface area contributed by atoms with E-state index in [4.69, 9.17) is 0 Å². The Morgan fingerprint density at radius 2 is 2.00 bits per heavy atom. The fraction of sp³-hybridized carbons (Fsp3) is 0.308. The maximum atomic E-state index is 11.7. The maximum Gasteiger partial charge on any atom is 0.169 e. The summed E-state index contributed by atoms with van der Waals surface area (Å²) in [5.41, 5.74) is 0. The minimum atomic E-state index is 0.244. The lowest BCUT2D eigenvalue weighted by atomic mass is 10.2. The van der Waals surface area contributed by atoms with E-state index in [1.165, 1.54) is 0 Å². The monoisotopic (exact) mass is 220 g/mol. The summed E-state index contributed by atoms with van der Waals surface area (Å²) in [5.74, 6) is 0.244. The Kier molecular flexibility index (Phi) is 5.19. The average molecular weight is 220 g/mol. The molecule has 0 radical (unpaired) electrons. The lowest BCUT2D eigenvalue weighted by molar-refractivity contribution is -0.114. The molecule has 0 amide bonds. The highest BCUT2D eigenvalue weighted by atomic mass is 32.2. The van der Waals surface area contributed by atoms with Gasteiger partial charge in [0.25, 0.3) is 0 Å². The van der Waals surface area contributed by atoms with Crippen LogP contribution in [-0.4, -0.2) is 5.78 Å². The van der Waals surface area contributed by atoms with Crippen molar-refractivity contribution in [3.05, 3.63) is 41.3 Å². The molecule has 0 N–H and O–H groups in total. The quantitative estimate of drug-likeness (QED) is 0.550. The van der Waals surface area contributed by atoms with E-state index in [-0.39, 0.29) is 5.78 Å². The van der Waals surface area contributed by atoms with Gasteiger partial charge in [0.1, 0.15) is 0 Å². The first-order chi connectivity index (χ1) is 7.27. The molecule has 0 aliphatic carbocycles. The molecule has 0 heterocycles. The molecule has 0 saturated carbocycles. The van der Waals surface area contributed by atoms with Gasteiger partial charge in [-0.2, -0.15) is 0 Å². The summed E-state index contributed by atoms with van der Waals surface area (Å²) in [6, 6.07) is 9.99. The number of carbonyl (C=O) groups is 1. The number of rotatable bonds is 5. The van der Waals surface area contributed by atoms with Gasteiger partial charge in [0.05, 0.1) is 4.91 Å². The fourth-order valence-corrected chi connectivity index (χ4v) is 2.12. The first-order valence-electron chi connectivity index (χ1n) is 5.20. The molecule has 0 aliphatic rings. The Bertz CT molecular complexity index is 341. The minimum absolute atomic E-state index is 0.244. The summed E-state index contributed by atoms with van der Waals surface area (Å²) < 4.78 is 0. The van der Waals surface area contributed by atoms with Crippen molar-refractivity contribution in [2.75, 3.05) is 0 Å². The van der Waals surface area contributed by atoms with E-state index < -0.39 is 0 Å². The van der Waals surface area contributed by atoms with Gasteiger partial charge in [-0.1, -0.05) is 43.0 Å². The molecule has 0 unspecified atom stereocenters. The molecule has 0 saturated heterocycles. The van der Waals surface area contributed by atoms with Crippen molar-refractivity contribution in [2.45, 2.75) is 31.6 Å². The Morgan fingerprint density at radius 1 is 1.33 bits per heavy atom. The third-order valence-corrected chi connectivity index (χ3v) is 3.18. The molecule has 0 aromatic heterocycles. The van der Waals surface area contributed by atoms with Gasteiger partial charge in [-0.15, -0.1) is 0 Å². The van der Waals surface area contributed by atoms with Crippen molar-refractivity contribution in [3.8, 4) is 0 Å².